The van der Waals surface area contributed by atoms with Gasteiger partial charge in [-0.1, -0.05) is 26.8 Å². The van der Waals surface area contributed by atoms with Gasteiger partial charge in [-0.05, 0) is 12.1 Å². The Hall–Kier alpha value is -2.05. The summed E-state index contributed by atoms with van der Waals surface area (Å²) < 4.78 is 38.4. The highest BCUT2D eigenvalue weighted by molar-refractivity contribution is 6.03. The third kappa shape index (κ3) is 3.49. The van der Waals surface area contributed by atoms with E-state index in [-0.39, 0.29) is 5.69 Å². The van der Waals surface area contributed by atoms with Crippen molar-refractivity contribution in [2.45, 2.75) is 26.9 Å². The molecule has 0 heterocycles. The normalized spacial score (nSPS) is 12.1. The van der Waals surface area contributed by atoms with Gasteiger partial charge in [-0.2, -0.15) is 13.2 Å². The van der Waals surface area contributed by atoms with Gasteiger partial charge in [-0.25, -0.2) is 4.79 Å². The third-order valence-corrected chi connectivity index (χ3v) is 2.51. The van der Waals surface area contributed by atoms with Gasteiger partial charge < -0.3 is 10.4 Å². The average molecular weight is 289 g/mol. The lowest BCUT2D eigenvalue weighted by Crippen LogP contribution is -2.29. The van der Waals surface area contributed by atoms with Crippen LogP contribution >= 0.6 is 0 Å². The summed E-state index contributed by atoms with van der Waals surface area (Å²) >= 11 is 0. The molecule has 4 nitrogen and oxygen atoms in total. The molecule has 0 aliphatic carbocycles. The number of halogens is 3. The Bertz CT molecular complexity index is 545. The fraction of sp³-hybridized carbons (Fsp3) is 0.385. The molecule has 1 amide bonds. The van der Waals surface area contributed by atoms with Gasteiger partial charge in [0.25, 0.3) is 0 Å². The van der Waals surface area contributed by atoms with Crippen molar-refractivity contribution in [3.63, 3.8) is 0 Å². The number of rotatable bonds is 2. The summed E-state index contributed by atoms with van der Waals surface area (Å²) in [5.41, 5.74) is -3.48. The minimum absolute atomic E-state index is 0.368. The number of carbonyl (C=O) groups excluding carboxylic acids is 1. The van der Waals surface area contributed by atoms with Crippen molar-refractivity contribution >= 4 is 17.6 Å². The number of anilines is 1. The molecule has 1 aromatic rings. The summed E-state index contributed by atoms with van der Waals surface area (Å²) in [6, 6.07) is 2.84. The van der Waals surface area contributed by atoms with Crippen LogP contribution in [0.3, 0.4) is 0 Å². The van der Waals surface area contributed by atoms with Gasteiger partial charge in [0.05, 0.1) is 16.8 Å². The molecule has 0 spiro atoms. The van der Waals surface area contributed by atoms with Gasteiger partial charge in [0.2, 0.25) is 5.91 Å². The molecule has 0 atom stereocenters. The van der Waals surface area contributed by atoms with Gasteiger partial charge in [-0.15, -0.1) is 0 Å². The van der Waals surface area contributed by atoms with Gasteiger partial charge in [0.15, 0.2) is 0 Å². The van der Waals surface area contributed by atoms with E-state index in [4.69, 9.17) is 5.11 Å². The second-order valence-electron chi connectivity index (χ2n) is 5.24. The Labute approximate surface area is 113 Å². The number of amides is 1. The molecule has 0 bridgehead atoms. The lowest BCUT2D eigenvalue weighted by molar-refractivity contribution is -0.138. The molecule has 1 aromatic carbocycles. The van der Waals surface area contributed by atoms with E-state index in [9.17, 15) is 22.8 Å². The first kappa shape index (κ1) is 16.0. The van der Waals surface area contributed by atoms with Crippen LogP contribution in [0.25, 0.3) is 0 Å². The Morgan fingerprint density at radius 2 is 1.70 bits per heavy atom. The Morgan fingerprint density at radius 3 is 2.10 bits per heavy atom. The predicted octanol–water partition coefficient (Wildman–Crippen LogP) is 3.39. The van der Waals surface area contributed by atoms with Gasteiger partial charge in [0.1, 0.15) is 0 Å². The number of carboxylic acids is 1. The van der Waals surface area contributed by atoms with E-state index < -0.39 is 34.6 Å². The fourth-order valence-electron chi connectivity index (χ4n) is 1.43. The highest BCUT2D eigenvalue weighted by Crippen LogP contribution is 2.35. The molecular formula is C13H14F3NO3. The van der Waals surface area contributed by atoms with Crippen molar-refractivity contribution < 1.29 is 27.9 Å². The molecule has 0 unspecified atom stereocenters. The summed E-state index contributed by atoms with van der Waals surface area (Å²) in [4.78, 5) is 22.9. The fourth-order valence-corrected chi connectivity index (χ4v) is 1.43. The highest BCUT2D eigenvalue weighted by atomic mass is 19.4. The Morgan fingerprint density at radius 1 is 1.15 bits per heavy atom. The predicted molar refractivity (Wildman–Crippen MR) is 66.5 cm³/mol. The smallest absolute Gasteiger partial charge is 0.417 e. The van der Waals surface area contributed by atoms with Crippen LogP contribution in [0.4, 0.5) is 18.9 Å². The zero-order valence-electron chi connectivity index (χ0n) is 11.1. The first-order chi connectivity index (χ1) is 8.94. The van der Waals surface area contributed by atoms with E-state index in [0.717, 1.165) is 12.1 Å². The molecule has 7 heteroatoms. The second-order valence-corrected chi connectivity index (χ2v) is 5.24. The van der Waals surface area contributed by atoms with Gasteiger partial charge >= 0.3 is 12.1 Å². The van der Waals surface area contributed by atoms with Crippen molar-refractivity contribution in [2.24, 2.45) is 5.41 Å². The SMILES string of the molecule is CC(C)(C)C(=O)Nc1cccc(C(F)(F)F)c1C(=O)O. The number of alkyl halides is 3. The molecule has 1 rings (SSSR count). The summed E-state index contributed by atoms with van der Waals surface area (Å²) in [5.74, 6) is -2.32. The maximum Gasteiger partial charge on any atom is 0.417 e. The summed E-state index contributed by atoms with van der Waals surface area (Å²) in [6.07, 6.45) is -4.81. The van der Waals surface area contributed by atoms with Crippen LogP contribution in [-0.2, 0) is 11.0 Å². The molecule has 0 radical (unpaired) electrons. The molecule has 0 aliphatic rings. The monoisotopic (exact) mass is 289 g/mol. The Balaban J connectivity index is 3.35. The zero-order chi connectivity index (χ0) is 15.7. The third-order valence-electron chi connectivity index (χ3n) is 2.51. The van der Waals surface area contributed by atoms with Crippen LogP contribution in [0.15, 0.2) is 18.2 Å². The van der Waals surface area contributed by atoms with E-state index in [0.29, 0.717) is 6.07 Å². The Kier molecular flexibility index (Phi) is 4.12. The average Bonchev–Trinajstić information content (AvgIpc) is 2.25. The van der Waals surface area contributed by atoms with Crippen molar-refractivity contribution in [3.05, 3.63) is 29.3 Å². The molecular weight excluding hydrogens is 275 g/mol. The van der Waals surface area contributed by atoms with E-state index in [1.54, 1.807) is 20.8 Å². The number of benzene rings is 1. The number of hydrogen-bond acceptors (Lipinski definition) is 2. The molecule has 0 fully saturated rings. The number of nitrogens with one attached hydrogen (secondary N) is 1. The lowest BCUT2D eigenvalue weighted by atomic mass is 9.95. The van der Waals surface area contributed by atoms with Crippen LogP contribution in [-0.4, -0.2) is 17.0 Å². The topological polar surface area (TPSA) is 66.4 Å². The van der Waals surface area contributed by atoms with Crippen LogP contribution < -0.4 is 5.32 Å². The summed E-state index contributed by atoms with van der Waals surface area (Å²) in [6.45, 7) is 4.70. The van der Waals surface area contributed by atoms with E-state index in [1.165, 1.54) is 0 Å². The minimum Gasteiger partial charge on any atom is -0.478 e. The van der Waals surface area contributed by atoms with E-state index >= 15 is 0 Å². The number of carbonyl (C=O) groups is 2. The molecule has 0 aliphatic heterocycles. The molecule has 0 saturated heterocycles. The zero-order valence-corrected chi connectivity index (χ0v) is 11.1. The van der Waals surface area contributed by atoms with Gasteiger partial charge in [-0.3, -0.25) is 4.79 Å². The molecule has 2 N–H and O–H groups in total. The number of aromatic carboxylic acids is 1. The highest BCUT2D eigenvalue weighted by Gasteiger charge is 2.37. The second kappa shape index (κ2) is 5.15. The molecule has 0 saturated carbocycles. The standard InChI is InChI=1S/C13H14F3NO3/c1-12(2,3)11(20)17-8-6-4-5-7(13(14,15)16)9(8)10(18)19/h4-6H,1-3H3,(H,17,20)(H,18,19). The van der Waals surface area contributed by atoms with Crippen LogP contribution in [0.2, 0.25) is 0 Å². The van der Waals surface area contributed by atoms with Crippen LogP contribution in [0.1, 0.15) is 36.7 Å². The van der Waals surface area contributed by atoms with Crippen LogP contribution in [0.5, 0.6) is 0 Å². The van der Waals surface area contributed by atoms with Crippen molar-refractivity contribution in [1.82, 2.24) is 0 Å². The van der Waals surface area contributed by atoms with Crippen molar-refractivity contribution in [1.29, 1.82) is 0 Å². The largest absolute Gasteiger partial charge is 0.478 e. The molecule has 0 aromatic heterocycles. The number of hydrogen-bond donors (Lipinski definition) is 2. The van der Waals surface area contributed by atoms with E-state index in [2.05, 4.69) is 5.32 Å². The maximum absolute atomic E-state index is 12.8. The lowest BCUT2D eigenvalue weighted by Gasteiger charge is -2.20. The maximum atomic E-state index is 12.8. The summed E-state index contributed by atoms with van der Waals surface area (Å²) in [5, 5.41) is 11.2. The molecule has 20 heavy (non-hydrogen) atoms. The first-order valence-electron chi connectivity index (χ1n) is 5.69. The van der Waals surface area contributed by atoms with Gasteiger partial charge in [0, 0.05) is 5.41 Å². The van der Waals surface area contributed by atoms with Crippen molar-refractivity contribution in [2.75, 3.05) is 5.32 Å². The molecule has 110 valence electrons. The van der Waals surface area contributed by atoms with E-state index in [1.807, 2.05) is 0 Å². The minimum atomic E-state index is -4.81. The summed E-state index contributed by atoms with van der Waals surface area (Å²) in [7, 11) is 0. The van der Waals surface area contributed by atoms with Crippen LogP contribution in [0, 0.1) is 5.41 Å². The number of carboxylic acid groups (broad SMARTS) is 1. The van der Waals surface area contributed by atoms with Crippen molar-refractivity contribution in [3.8, 4) is 0 Å². The first-order valence-corrected chi connectivity index (χ1v) is 5.69. The quantitative estimate of drug-likeness (QED) is 0.877.